The van der Waals surface area contributed by atoms with Crippen molar-refractivity contribution in [2.45, 2.75) is 30.7 Å². The average molecular weight is 288 g/mol. The molecule has 1 aromatic carbocycles. The maximum Gasteiger partial charge on any atom is 0.229 e. The zero-order valence-corrected chi connectivity index (χ0v) is 10.3. The van der Waals surface area contributed by atoms with Crippen LogP contribution in [0.4, 0.5) is 0 Å². The highest BCUT2D eigenvalue weighted by Gasteiger charge is 2.44. The molecule has 0 spiro atoms. The lowest BCUT2D eigenvalue weighted by Gasteiger charge is -2.39. The Morgan fingerprint density at radius 1 is 0.950 bits per heavy atom. The van der Waals surface area contributed by atoms with Crippen LogP contribution in [0.1, 0.15) is 0 Å². The third-order valence-electron chi connectivity index (χ3n) is 2.98. The Bertz CT molecular complexity index is 443. The van der Waals surface area contributed by atoms with E-state index in [4.69, 9.17) is 14.6 Å². The third kappa shape index (κ3) is 2.94. The fourth-order valence-electron chi connectivity index (χ4n) is 1.93. The fraction of sp³-hybridized carbons (Fsp3) is 0.500. The average Bonchev–Trinajstić information content (AvgIpc) is 2.38. The van der Waals surface area contributed by atoms with Crippen molar-refractivity contribution in [1.29, 1.82) is 0 Å². The Morgan fingerprint density at radius 2 is 1.55 bits per heavy atom. The smallest absolute Gasteiger partial charge is 0.229 e. The lowest BCUT2D eigenvalue weighted by atomic mass is 9.99. The van der Waals surface area contributed by atoms with Crippen LogP contribution in [0.15, 0.2) is 18.2 Å². The van der Waals surface area contributed by atoms with E-state index in [9.17, 15) is 25.5 Å². The van der Waals surface area contributed by atoms with Crippen molar-refractivity contribution in [2.24, 2.45) is 0 Å². The van der Waals surface area contributed by atoms with E-state index in [1.807, 2.05) is 0 Å². The van der Waals surface area contributed by atoms with Gasteiger partial charge < -0.3 is 40.1 Å². The van der Waals surface area contributed by atoms with Crippen molar-refractivity contribution in [3.8, 4) is 17.2 Å². The minimum Gasteiger partial charge on any atom is -0.508 e. The number of aromatic hydroxyl groups is 2. The van der Waals surface area contributed by atoms with Gasteiger partial charge in [0.05, 0.1) is 6.61 Å². The Balaban J connectivity index is 2.15. The molecule has 0 saturated carbocycles. The summed E-state index contributed by atoms with van der Waals surface area (Å²) in [5.41, 5.74) is 0. The van der Waals surface area contributed by atoms with Gasteiger partial charge in [-0.05, 0) is 0 Å². The van der Waals surface area contributed by atoms with Crippen LogP contribution in [0, 0.1) is 0 Å². The van der Waals surface area contributed by atoms with Gasteiger partial charge in [0.1, 0.15) is 41.7 Å². The first-order chi connectivity index (χ1) is 9.42. The van der Waals surface area contributed by atoms with E-state index in [0.29, 0.717) is 0 Å². The molecule has 0 aliphatic carbocycles. The number of phenolic OH excluding ortho intramolecular Hbond substituents is 2. The summed E-state index contributed by atoms with van der Waals surface area (Å²) < 4.78 is 10.3. The van der Waals surface area contributed by atoms with Gasteiger partial charge in [-0.3, -0.25) is 0 Å². The van der Waals surface area contributed by atoms with Crippen LogP contribution in [0.2, 0.25) is 0 Å². The van der Waals surface area contributed by atoms with Crippen molar-refractivity contribution >= 4 is 0 Å². The van der Waals surface area contributed by atoms with Gasteiger partial charge in [0.15, 0.2) is 0 Å². The summed E-state index contributed by atoms with van der Waals surface area (Å²) in [5.74, 6) is -0.527. The maximum atomic E-state index is 9.75. The van der Waals surface area contributed by atoms with E-state index in [-0.39, 0.29) is 17.2 Å². The number of rotatable bonds is 3. The molecule has 1 aliphatic rings. The number of benzene rings is 1. The molecule has 8 nitrogen and oxygen atoms in total. The standard InChI is InChI=1S/C12H16O8/c13-4-8-9(16)10(17)11(18)12(20-8)19-7-2-5(14)1-6(15)3-7/h1-3,8-18H,4H2/t8-,9-,10+,11-,12+/m1/s1. The van der Waals surface area contributed by atoms with Crippen molar-refractivity contribution in [3.63, 3.8) is 0 Å². The molecule has 1 saturated heterocycles. The van der Waals surface area contributed by atoms with Crippen molar-refractivity contribution < 1.29 is 40.1 Å². The van der Waals surface area contributed by atoms with E-state index in [2.05, 4.69) is 0 Å². The quantitative estimate of drug-likeness (QED) is 0.386. The maximum absolute atomic E-state index is 9.75. The van der Waals surface area contributed by atoms with Gasteiger partial charge in [0.25, 0.3) is 0 Å². The zero-order chi connectivity index (χ0) is 14.9. The minimum absolute atomic E-state index is 0.00757. The molecule has 0 aromatic heterocycles. The Labute approximate surface area is 114 Å². The first-order valence-electron chi connectivity index (χ1n) is 5.92. The van der Waals surface area contributed by atoms with E-state index in [1.54, 1.807) is 0 Å². The van der Waals surface area contributed by atoms with Gasteiger partial charge in [-0.25, -0.2) is 0 Å². The largest absolute Gasteiger partial charge is 0.508 e. The molecule has 6 N–H and O–H groups in total. The molecule has 20 heavy (non-hydrogen) atoms. The molecule has 8 heteroatoms. The lowest BCUT2D eigenvalue weighted by Crippen LogP contribution is -2.60. The third-order valence-corrected chi connectivity index (χ3v) is 2.98. The summed E-state index contributed by atoms with van der Waals surface area (Å²) in [7, 11) is 0. The predicted octanol–water partition coefficient (Wildman–Crippen LogP) is -1.72. The molecule has 2 rings (SSSR count). The van der Waals surface area contributed by atoms with Crippen molar-refractivity contribution in [2.75, 3.05) is 6.61 Å². The van der Waals surface area contributed by atoms with Crippen molar-refractivity contribution in [3.05, 3.63) is 18.2 Å². The highest BCUT2D eigenvalue weighted by molar-refractivity contribution is 5.40. The number of hydrogen-bond acceptors (Lipinski definition) is 8. The highest BCUT2D eigenvalue weighted by atomic mass is 16.7. The molecule has 5 atom stereocenters. The summed E-state index contributed by atoms with van der Waals surface area (Å²) in [6.45, 7) is -0.573. The number of phenols is 2. The van der Waals surface area contributed by atoms with E-state index in [1.165, 1.54) is 12.1 Å². The number of ether oxygens (including phenoxy) is 2. The number of hydrogen-bond donors (Lipinski definition) is 6. The first-order valence-corrected chi connectivity index (χ1v) is 5.92. The topological polar surface area (TPSA) is 140 Å². The Kier molecular flexibility index (Phi) is 4.31. The van der Waals surface area contributed by atoms with Crippen LogP contribution in [0.5, 0.6) is 17.2 Å². The van der Waals surface area contributed by atoms with Gasteiger partial charge in [0.2, 0.25) is 6.29 Å². The van der Waals surface area contributed by atoms with E-state index in [0.717, 1.165) is 6.07 Å². The predicted molar refractivity (Wildman–Crippen MR) is 64.2 cm³/mol. The lowest BCUT2D eigenvalue weighted by molar-refractivity contribution is -0.277. The fourth-order valence-corrected chi connectivity index (χ4v) is 1.93. The van der Waals surface area contributed by atoms with Crippen LogP contribution < -0.4 is 4.74 Å². The normalized spacial score (nSPS) is 33.9. The van der Waals surface area contributed by atoms with Gasteiger partial charge in [-0.2, -0.15) is 0 Å². The summed E-state index contributed by atoms with van der Waals surface area (Å²) >= 11 is 0. The molecule has 112 valence electrons. The number of aliphatic hydroxyl groups is 4. The second-order valence-electron chi connectivity index (χ2n) is 4.50. The van der Waals surface area contributed by atoms with Gasteiger partial charge in [-0.15, -0.1) is 0 Å². The molecule has 1 fully saturated rings. The van der Waals surface area contributed by atoms with Crippen molar-refractivity contribution in [1.82, 2.24) is 0 Å². The number of aliphatic hydroxyl groups excluding tert-OH is 4. The van der Waals surface area contributed by atoms with E-state index >= 15 is 0 Å². The second kappa shape index (κ2) is 5.81. The summed E-state index contributed by atoms with van der Waals surface area (Å²) in [6.07, 6.45) is -7.06. The monoisotopic (exact) mass is 288 g/mol. The van der Waals surface area contributed by atoms with Gasteiger partial charge in [-0.1, -0.05) is 0 Å². The minimum atomic E-state index is -1.56. The summed E-state index contributed by atoms with van der Waals surface area (Å²) in [5, 5.41) is 56.6. The molecule has 0 unspecified atom stereocenters. The molecular weight excluding hydrogens is 272 g/mol. The van der Waals surface area contributed by atoms with Gasteiger partial charge >= 0.3 is 0 Å². The zero-order valence-electron chi connectivity index (χ0n) is 10.3. The Morgan fingerprint density at radius 3 is 2.10 bits per heavy atom. The molecule has 0 radical (unpaired) electrons. The Hall–Kier alpha value is -1.58. The summed E-state index contributed by atoms with van der Waals surface area (Å²) in [4.78, 5) is 0. The molecule has 1 heterocycles. The van der Waals surface area contributed by atoms with Crippen LogP contribution in [0.3, 0.4) is 0 Å². The highest BCUT2D eigenvalue weighted by Crippen LogP contribution is 2.29. The van der Waals surface area contributed by atoms with Crippen LogP contribution in [-0.2, 0) is 4.74 Å². The SMILES string of the molecule is OC[C@H]1O[C@H](Oc2cc(O)cc(O)c2)[C@H](O)[C@@H](O)[C@@H]1O. The van der Waals surface area contributed by atoms with E-state index < -0.39 is 37.3 Å². The molecule has 1 aromatic rings. The first kappa shape index (κ1) is 14.8. The summed E-state index contributed by atoms with van der Waals surface area (Å²) in [6, 6.07) is 3.42. The van der Waals surface area contributed by atoms with Crippen LogP contribution in [0.25, 0.3) is 0 Å². The molecular formula is C12H16O8. The van der Waals surface area contributed by atoms with Gasteiger partial charge in [0, 0.05) is 18.2 Å². The molecule has 0 amide bonds. The van der Waals surface area contributed by atoms with Crippen LogP contribution >= 0.6 is 0 Å². The molecule has 1 aliphatic heterocycles. The molecule has 0 bridgehead atoms. The van der Waals surface area contributed by atoms with Crippen LogP contribution in [-0.4, -0.2) is 68.0 Å². The second-order valence-corrected chi connectivity index (χ2v) is 4.50.